The lowest BCUT2D eigenvalue weighted by Crippen LogP contribution is -2.32. The van der Waals surface area contributed by atoms with Gasteiger partial charge in [-0.15, -0.1) is 5.48 Å². The van der Waals surface area contributed by atoms with E-state index in [2.05, 4.69) is 21.1 Å². The molecule has 2 atom stereocenters. The van der Waals surface area contributed by atoms with Crippen molar-refractivity contribution in [3.63, 3.8) is 0 Å². The predicted molar refractivity (Wildman–Crippen MR) is 146 cm³/mol. The van der Waals surface area contributed by atoms with Crippen molar-refractivity contribution in [2.24, 2.45) is 0 Å². The first-order chi connectivity index (χ1) is 18.4. The molecule has 2 aromatic carbocycles. The Kier molecular flexibility index (Phi) is 7.72. The van der Waals surface area contributed by atoms with Crippen LogP contribution in [0.1, 0.15) is 42.7 Å². The summed E-state index contributed by atoms with van der Waals surface area (Å²) in [4.78, 5) is 22.9. The van der Waals surface area contributed by atoms with Crippen molar-refractivity contribution < 1.29 is 18.4 Å². The monoisotopic (exact) mass is 536 g/mol. The van der Waals surface area contributed by atoms with Crippen LogP contribution in [-0.4, -0.2) is 24.0 Å². The van der Waals surface area contributed by atoms with E-state index in [1.165, 1.54) is 12.3 Å². The summed E-state index contributed by atoms with van der Waals surface area (Å²) in [6.45, 7) is 0. The first-order valence-electron chi connectivity index (χ1n) is 12.5. The van der Waals surface area contributed by atoms with Crippen LogP contribution in [0.15, 0.2) is 67.1 Å². The molecule has 2 aliphatic heterocycles. The lowest BCUT2D eigenvalue weighted by Gasteiger charge is -2.26. The second-order valence-electron chi connectivity index (χ2n) is 9.30. The molecule has 2 bridgehead atoms. The maximum absolute atomic E-state index is 14.7. The summed E-state index contributed by atoms with van der Waals surface area (Å²) in [7, 11) is 1.83. The van der Waals surface area contributed by atoms with Gasteiger partial charge >= 0.3 is 0 Å². The summed E-state index contributed by atoms with van der Waals surface area (Å²) in [6, 6.07) is 11.8. The third-order valence-electron chi connectivity index (χ3n) is 6.88. The van der Waals surface area contributed by atoms with Gasteiger partial charge < -0.3 is 15.5 Å². The fourth-order valence-electron chi connectivity index (χ4n) is 4.88. The molecular formula is C29H27ClF2N4O2. The molecule has 1 amide bonds. The highest BCUT2D eigenvalue weighted by Crippen LogP contribution is 2.36. The van der Waals surface area contributed by atoms with Gasteiger partial charge in [0.15, 0.2) is 5.82 Å². The molecule has 3 N–H and O–H groups in total. The van der Waals surface area contributed by atoms with Crippen LogP contribution < -0.4 is 16.1 Å². The molecule has 0 saturated heterocycles. The number of hydrogen-bond acceptors (Lipinski definition) is 5. The third-order valence-corrected chi connectivity index (χ3v) is 7.17. The van der Waals surface area contributed by atoms with Crippen molar-refractivity contribution in [3.05, 3.63) is 94.9 Å². The summed E-state index contributed by atoms with van der Waals surface area (Å²) in [5, 5.41) is 5.98. The Hall–Kier alpha value is -3.75. The number of pyridine rings is 1. The quantitative estimate of drug-likeness (QED) is 0.320. The minimum Gasteiger partial charge on any atom is -0.415 e. The van der Waals surface area contributed by atoms with Crippen LogP contribution in [0.25, 0.3) is 16.8 Å². The van der Waals surface area contributed by atoms with E-state index in [9.17, 15) is 13.6 Å². The average Bonchev–Trinajstić information content (AvgIpc) is 3.16. The maximum atomic E-state index is 14.7. The first kappa shape index (κ1) is 25.9. The number of nitrogens with one attached hydrogen (secondary N) is 3. The summed E-state index contributed by atoms with van der Waals surface area (Å²) in [5.74, 6) is -1.68. The molecule has 0 fully saturated rings. The molecule has 0 aliphatic carbocycles. The fraction of sp³-hybridized carbons (Fsp3) is 0.241. The highest BCUT2D eigenvalue weighted by molar-refractivity contribution is 6.31. The van der Waals surface area contributed by atoms with Crippen molar-refractivity contribution in [2.45, 2.75) is 37.6 Å². The first-order valence-corrected chi connectivity index (χ1v) is 12.8. The second-order valence-corrected chi connectivity index (χ2v) is 9.70. The van der Waals surface area contributed by atoms with Gasteiger partial charge in [-0.25, -0.2) is 8.78 Å². The van der Waals surface area contributed by atoms with Crippen LogP contribution in [0.5, 0.6) is 0 Å². The van der Waals surface area contributed by atoms with Gasteiger partial charge in [0.2, 0.25) is 5.91 Å². The molecule has 9 heteroatoms. The van der Waals surface area contributed by atoms with Crippen LogP contribution in [0.4, 0.5) is 20.2 Å². The van der Waals surface area contributed by atoms with Crippen LogP contribution in [0.2, 0.25) is 5.02 Å². The maximum Gasteiger partial charge on any atom is 0.224 e. The summed E-state index contributed by atoms with van der Waals surface area (Å²) < 4.78 is 29.2. The highest BCUT2D eigenvalue weighted by atomic mass is 35.5. The molecular weight excluding hydrogens is 510 g/mol. The van der Waals surface area contributed by atoms with Crippen LogP contribution in [0.3, 0.4) is 0 Å². The SMILES string of the molecule is CNc1ccc2c(c1)NC(=O)CCCCC(C1C=CC(c3c(F)ccc(Cl)c3F)=CON1)c1ccnc-2c1. The Balaban J connectivity index is 1.51. The lowest BCUT2D eigenvalue weighted by molar-refractivity contribution is -0.116. The molecule has 6 nitrogen and oxygen atoms in total. The zero-order chi connectivity index (χ0) is 26.6. The smallest absolute Gasteiger partial charge is 0.224 e. The third kappa shape index (κ3) is 5.42. The molecule has 1 aromatic heterocycles. The molecule has 196 valence electrons. The van der Waals surface area contributed by atoms with Gasteiger partial charge in [-0.2, -0.15) is 0 Å². The molecule has 5 rings (SSSR count). The number of amides is 1. The molecule has 2 unspecified atom stereocenters. The number of halogens is 3. The largest absolute Gasteiger partial charge is 0.415 e. The predicted octanol–water partition coefficient (Wildman–Crippen LogP) is 6.82. The number of nitrogens with zero attached hydrogens (tertiary/aromatic N) is 1. The van der Waals surface area contributed by atoms with E-state index in [0.29, 0.717) is 18.5 Å². The van der Waals surface area contributed by atoms with Gasteiger partial charge in [0.05, 0.1) is 28.0 Å². The molecule has 3 heterocycles. The lowest BCUT2D eigenvalue weighted by atomic mass is 9.86. The number of anilines is 2. The van der Waals surface area contributed by atoms with Gasteiger partial charge in [0.1, 0.15) is 12.1 Å². The molecule has 3 aromatic rings. The van der Waals surface area contributed by atoms with Crippen molar-refractivity contribution in [1.82, 2.24) is 10.5 Å². The number of carbonyl (C=O) groups excluding carboxylic acids is 1. The van der Waals surface area contributed by atoms with Crippen LogP contribution in [0, 0.1) is 11.6 Å². The summed E-state index contributed by atoms with van der Waals surface area (Å²) in [5.41, 5.74) is 7.15. The van der Waals surface area contributed by atoms with E-state index in [4.69, 9.17) is 16.4 Å². The van der Waals surface area contributed by atoms with Crippen molar-refractivity contribution in [3.8, 4) is 11.3 Å². The minimum atomic E-state index is -0.840. The Morgan fingerprint density at radius 1 is 1.13 bits per heavy atom. The average molecular weight is 537 g/mol. The van der Waals surface area contributed by atoms with Crippen molar-refractivity contribution in [2.75, 3.05) is 17.7 Å². The van der Waals surface area contributed by atoms with E-state index >= 15 is 0 Å². The zero-order valence-electron chi connectivity index (χ0n) is 20.7. The number of hydroxylamine groups is 1. The standard InChI is InChI=1S/C29H27ClF2N4O2/c1-33-19-7-8-21-25-14-17(12-13-34-25)20(4-2-3-5-27(37)35-26(21)15-19)24-11-6-18(16-38-36-24)28-23(31)10-9-22(30)29(28)32/h6-16,20,24,33,36H,2-5H2,1H3,(H,35,37). The minimum absolute atomic E-state index is 0.0528. The molecule has 38 heavy (non-hydrogen) atoms. The number of fused-ring (bicyclic) bond motifs is 4. The number of benzene rings is 2. The molecule has 0 spiro atoms. The number of rotatable bonds is 3. The van der Waals surface area contributed by atoms with Gasteiger partial charge in [-0.1, -0.05) is 30.2 Å². The van der Waals surface area contributed by atoms with E-state index in [-0.39, 0.29) is 34.0 Å². The van der Waals surface area contributed by atoms with Crippen molar-refractivity contribution in [1.29, 1.82) is 0 Å². The normalized spacial score (nSPS) is 19.6. The molecule has 0 radical (unpaired) electrons. The number of hydrogen-bond donors (Lipinski definition) is 3. The number of carbonyl (C=O) groups is 1. The van der Waals surface area contributed by atoms with Gasteiger partial charge in [0, 0.05) is 42.4 Å². The summed E-state index contributed by atoms with van der Waals surface area (Å²) in [6.07, 6.45) is 9.16. The van der Waals surface area contributed by atoms with Gasteiger partial charge in [-0.3, -0.25) is 9.78 Å². The Morgan fingerprint density at radius 2 is 2.00 bits per heavy atom. The van der Waals surface area contributed by atoms with Gasteiger partial charge in [0.25, 0.3) is 0 Å². The van der Waals surface area contributed by atoms with Crippen LogP contribution in [-0.2, 0) is 9.63 Å². The van der Waals surface area contributed by atoms with E-state index in [1.54, 1.807) is 12.3 Å². The van der Waals surface area contributed by atoms with Crippen molar-refractivity contribution >= 4 is 34.5 Å². The Morgan fingerprint density at radius 3 is 2.84 bits per heavy atom. The number of allylic oxidation sites excluding steroid dienone is 2. The topological polar surface area (TPSA) is 75.3 Å². The number of aromatic nitrogens is 1. The second kappa shape index (κ2) is 11.3. The van der Waals surface area contributed by atoms with Gasteiger partial charge in [-0.05, 0) is 60.9 Å². The summed E-state index contributed by atoms with van der Waals surface area (Å²) >= 11 is 5.90. The molecule has 0 saturated carbocycles. The Bertz CT molecular complexity index is 1430. The van der Waals surface area contributed by atoms with E-state index in [1.807, 2.05) is 43.5 Å². The highest BCUT2D eigenvalue weighted by Gasteiger charge is 2.26. The van der Waals surface area contributed by atoms with E-state index < -0.39 is 11.6 Å². The van der Waals surface area contributed by atoms with Crippen LogP contribution >= 0.6 is 11.6 Å². The molecule has 2 aliphatic rings. The van der Waals surface area contributed by atoms with E-state index in [0.717, 1.165) is 41.4 Å². The zero-order valence-corrected chi connectivity index (χ0v) is 21.5. The Labute approximate surface area is 224 Å². The fourth-order valence-corrected chi connectivity index (χ4v) is 5.04.